The number of aromatic nitrogens is 3. The highest BCUT2D eigenvalue weighted by molar-refractivity contribution is 6.06. The predicted molar refractivity (Wildman–Crippen MR) is 108 cm³/mol. The zero-order chi connectivity index (χ0) is 20.4. The molecule has 146 valence electrons. The second-order valence-corrected chi connectivity index (χ2v) is 6.60. The Kier molecular flexibility index (Phi) is 4.82. The van der Waals surface area contributed by atoms with Crippen LogP contribution in [0.1, 0.15) is 23.5 Å². The van der Waals surface area contributed by atoms with Gasteiger partial charge in [-0.05, 0) is 55.5 Å². The Morgan fingerprint density at radius 1 is 1.07 bits per heavy atom. The van der Waals surface area contributed by atoms with Crippen molar-refractivity contribution in [3.05, 3.63) is 78.5 Å². The van der Waals surface area contributed by atoms with Crippen molar-refractivity contribution in [3.63, 3.8) is 0 Å². The number of rotatable bonds is 5. The molecule has 3 N–H and O–H groups in total. The number of hydrogen-bond acceptors (Lipinski definition) is 3. The van der Waals surface area contributed by atoms with E-state index in [1.54, 1.807) is 66.5 Å². The van der Waals surface area contributed by atoms with Crippen LogP contribution in [-0.2, 0) is 4.79 Å². The summed E-state index contributed by atoms with van der Waals surface area (Å²) < 4.78 is 14.9. The molecule has 0 aliphatic carbocycles. The minimum absolute atomic E-state index is 0.227. The maximum absolute atomic E-state index is 13.3. The zero-order valence-corrected chi connectivity index (χ0v) is 15.5. The molecule has 0 saturated heterocycles. The third kappa shape index (κ3) is 4.01. The van der Waals surface area contributed by atoms with Crippen molar-refractivity contribution in [3.8, 4) is 0 Å². The Morgan fingerprint density at radius 2 is 1.86 bits per heavy atom. The molecule has 0 radical (unpaired) electrons. The Labute approximate surface area is 165 Å². The highest BCUT2D eigenvalue weighted by Crippen LogP contribution is 2.20. The molecule has 0 aliphatic heterocycles. The van der Waals surface area contributed by atoms with E-state index in [1.165, 1.54) is 12.1 Å². The number of H-pyrrole nitrogens is 1. The van der Waals surface area contributed by atoms with Crippen molar-refractivity contribution < 1.29 is 14.0 Å². The molecule has 0 fully saturated rings. The molecule has 4 aromatic rings. The molecule has 8 heteroatoms. The van der Waals surface area contributed by atoms with Crippen molar-refractivity contribution in [2.75, 3.05) is 10.6 Å². The molecule has 2 aromatic carbocycles. The van der Waals surface area contributed by atoms with Gasteiger partial charge < -0.3 is 15.6 Å². The van der Waals surface area contributed by atoms with E-state index in [4.69, 9.17) is 0 Å². The average Bonchev–Trinajstić information content (AvgIpc) is 3.37. The first-order valence-electron chi connectivity index (χ1n) is 8.99. The van der Waals surface area contributed by atoms with Crippen molar-refractivity contribution in [1.29, 1.82) is 0 Å². The number of carbonyl (C=O) groups excluding carboxylic acids is 2. The number of aromatic amines is 1. The largest absolute Gasteiger partial charge is 0.351 e. The number of amides is 2. The molecule has 0 bridgehead atoms. The first kappa shape index (κ1) is 18.4. The molecule has 7 nitrogen and oxygen atoms in total. The van der Waals surface area contributed by atoms with Crippen molar-refractivity contribution in [1.82, 2.24) is 14.8 Å². The van der Waals surface area contributed by atoms with Gasteiger partial charge in [-0.1, -0.05) is 6.07 Å². The van der Waals surface area contributed by atoms with Crippen LogP contribution < -0.4 is 10.6 Å². The molecule has 4 rings (SSSR count). The molecule has 1 unspecified atom stereocenters. The lowest BCUT2D eigenvalue weighted by atomic mass is 10.2. The highest BCUT2D eigenvalue weighted by Gasteiger charge is 2.16. The van der Waals surface area contributed by atoms with Crippen LogP contribution in [-0.4, -0.2) is 26.6 Å². The third-order valence-electron chi connectivity index (χ3n) is 4.52. The molecule has 29 heavy (non-hydrogen) atoms. The maximum Gasteiger partial charge on any atom is 0.272 e. The smallest absolute Gasteiger partial charge is 0.272 e. The van der Waals surface area contributed by atoms with Gasteiger partial charge in [-0.3, -0.25) is 14.3 Å². The summed E-state index contributed by atoms with van der Waals surface area (Å²) in [5.41, 5.74) is 2.05. The van der Waals surface area contributed by atoms with Gasteiger partial charge in [0.1, 0.15) is 17.6 Å². The highest BCUT2D eigenvalue weighted by atomic mass is 19.1. The molecule has 1 atom stereocenters. The Bertz CT molecular complexity index is 1180. The molecular formula is C21H18FN5O2. The lowest BCUT2D eigenvalue weighted by Gasteiger charge is -2.13. The molecule has 2 amide bonds. The fourth-order valence-electron chi connectivity index (χ4n) is 2.98. The van der Waals surface area contributed by atoms with E-state index >= 15 is 0 Å². The summed E-state index contributed by atoms with van der Waals surface area (Å²) in [7, 11) is 0. The topological polar surface area (TPSA) is 91.8 Å². The van der Waals surface area contributed by atoms with Gasteiger partial charge in [0, 0.05) is 34.7 Å². The van der Waals surface area contributed by atoms with Crippen LogP contribution in [0.4, 0.5) is 15.8 Å². The maximum atomic E-state index is 13.3. The first-order chi connectivity index (χ1) is 14.0. The quantitative estimate of drug-likeness (QED) is 0.481. The number of halogens is 1. The Balaban J connectivity index is 1.46. The van der Waals surface area contributed by atoms with E-state index in [9.17, 15) is 14.0 Å². The molecule has 0 aliphatic rings. The van der Waals surface area contributed by atoms with Gasteiger partial charge in [0.25, 0.3) is 5.91 Å². The molecule has 0 saturated carbocycles. The van der Waals surface area contributed by atoms with Gasteiger partial charge in [-0.2, -0.15) is 5.10 Å². The second kappa shape index (κ2) is 7.59. The molecule has 0 spiro atoms. The SMILES string of the molecule is CC(C(=O)Nc1cccc(NC(=O)c2cc3cc(F)ccc3[nH]2)c1)n1cccn1. The van der Waals surface area contributed by atoms with E-state index in [-0.39, 0.29) is 17.6 Å². The lowest BCUT2D eigenvalue weighted by molar-refractivity contribution is -0.119. The van der Waals surface area contributed by atoms with Crippen molar-refractivity contribution >= 4 is 34.1 Å². The average molecular weight is 391 g/mol. The monoisotopic (exact) mass is 391 g/mol. The van der Waals surface area contributed by atoms with Gasteiger partial charge in [-0.15, -0.1) is 0 Å². The van der Waals surface area contributed by atoms with Crippen molar-refractivity contribution in [2.24, 2.45) is 0 Å². The van der Waals surface area contributed by atoms with Gasteiger partial charge in [0.15, 0.2) is 0 Å². The molecule has 2 heterocycles. The number of benzene rings is 2. The minimum Gasteiger partial charge on any atom is -0.351 e. The fourth-order valence-corrected chi connectivity index (χ4v) is 2.98. The minimum atomic E-state index is -0.477. The van der Waals surface area contributed by atoms with Gasteiger partial charge >= 0.3 is 0 Å². The summed E-state index contributed by atoms with van der Waals surface area (Å²) in [4.78, 5) is 27.9. The standard InChI is InChI=1S/C21H18FN5O2/c1-13(27-9-3-8-23-27)20(28)24-16-4-2-5-17(12-16)25-21(29)19-11-14-10-15(22)6-7-18(14)26-19/h2-13,26H,1H3,(H,24,28)(H,25,29). The van der Waals surface area contributed by atoms with Crippen LogP contribution in [0, 0.1) is 5.82 Å². The summed E-state index contributed by atoms with van der Waals surface area (Å²) in [6, 6.07) is 14.0. The van der Waals surface area contributed by atoms with E-state index in [1.807, 2.05) is 0 Å². The van der Waals surface area contributed by atoms with Crippen molar-refractivity contribution in [2.45, 2.75) is 13.0 Å². The van der Waals surface area contributed by atoms with Crippen LogP contribution in [0.3, 0.4) is 0 Å². The zero-order valence-electron chi connectivity index (χ0n) is 15.5. The van der Waals surface area contributed by atoms with E-state index in [0.717, 1.165) is 0 Å². The number of hydrogen-bond donors (Lipinski definition) is 3. The molecule has 2 aromatic heterocycles. The summed E-state index contributed by atoms with van der Waals surface area (Å²) in [6.07, 6.45) is 3.32. The van der Waals surface area contributed by atoms with E-state index < -0.39 is 6.04 Å². The van der Waals surface area contributed by atoms with Crippen LogP contribution in [0.15, 0.2) is 67.0 Å². The number of fused-ring (bicyclic) bond motifs is 1. The van der Waals surface area contributed by atoms with Crippen LogP contribution in [0.2, 0.25) is 0 Å². The predicted octanol–water partition coefficient (Wildman–Crippen LogP) is 3.96. The van der Waals surface area contributed by atoms with Gasteiger partial charge in [-0.25, -0.2) is 4.39 Å². The number of anilines is 2. The van der Waals surface area contributed by atoms with E-state index in [2.05, 4.69) is 20.7 Å². The lowest BCUT2D eigenvalue weighted by Crippen LogP contribution is -2.24. The number of carbonyl (C=O) groups is 2. The summed E-state index contributed by atoms with van der Waals surface area (Å²) >= 11 is 0. The van der Waals surface area contributed by atoms with Crippen LogP contribution in [0.5, 0.6) is 0 Å². The summed E-state index contributed by atoms with van der Waals surface area (Å²) in [5, 5.41) is 10.3. The number of nitrogens with zero attached hydrogens (tertiary/aromatic N) is 2. The summed E-state index contributed by atoms with van der Waals surface area (Å²) in [5.74, 6) is -0.957. The number of nitrogens with one attached hydrogen (secondary N) is 3. The fraction of sp³-hybridized carbons (Fsp3) is 0.0952. The summed E-state index contributed by atoms with van der Waals surface area (Å²) in [6.45, 7) is 1.74. The molecular weight excluding hydrogens is 373 g/mol. The normalized spacial score (nSPS) is 11.9. The van der Waals surface area contributed by atoms with Gasteiger partial charge in [0.2, 0.25) is 5.91 Å². The first-order valence-corrected chi connectivity index (χ1v) is 8.99. The van der Waals surface area contributed by atoms with Crippen LogP contribution in [0.25, 0.3) is 10.9 Å². The Hall–Kier alpha value is -3.94. The van der Waals surface area contributed by atoms with Crippen LogP contribution >= 0.6 is 0 Å². The second-order valence-electron chi connectivity index (χ2n) is 6.60. The third-order valence-corrected chi connectivity index (χ3v) is 4.52. The Morgan fingerprint density at radius 3 is 2.62 bits per heavy atom. The van der Waals surface area contributed by atoms with Gasteiger partial charge in [0.05, 0.1) is 0 Å². The van der Waals surface area contributed by atoms with E-state index in [0.29, 0.717) is 28.0 Å².